The summed E-state index contributed by atoms with van der Waals surface area (Å²) >= 11 is 3.56. The zero-order valence-corrected chi connectivity index (χ0v) is 21.9. The number of hydrogen-bond donors (Lipinski definition) is 2. The number of carbonyl (C=O) groups is 1. The number of aromatic amines is 1. The maximum absolute atomic E-state index is 11.5. The van der Waals surface area contributed by atoms with Gasteiger partial charge in [-0.05, 0) is 37.6 Å². The Hall–Kier alpha value is -2.11. The smallest absolute Gasteiger partial charge is 0.319 e. The average molecular weight is 516 g/mol. The summed E-state index contributed by atoms with van der Waals surface area (Å²) in [7, 11) is 0. The molecule has 10 heteroatoms. The molecule has 0 saturated carbocycles. The van der Waals surface area contributed by atoms with Gasteiger partial charge in [0.1, 0.15) is 0 Å². The monoisotopic (exact) mass is 515 g/mol. The van der Waals surface area contributed by atoms with E-state index in [4.69, 9.17) is 9.47 Å². The number of nitrogens with one attached hydrogen (secondary N) is 2. The van der Waals surface area contributed by atoms with Crippen LogP contribution in [0.5, 0.6) is 0 Å². The third kappa shape index (κ3) is 7.68. The van der Waals surface area contributed by atoms with Crippen LogP contribution in [0.4, 0.5) is 0 Å². The van der Waals surface area contributed by atoms with Crippen LogP contribution in [0.25, 0.3) is 11.0 Å². The topological polar surface area (TPSA) is 92.4 Å². The molecule has 4 rings (SSSR count). The fraction of sp³-hybridized carbons (Fsp3) is 0.480. The van der Waals surface area contributed by atoms with Gasteiger partial charge >= 0.3 is 5.97 Å². The van der Waals surface area contributed by atoms with Crippen LogP contribution < -0.4 is 5.32 Å². The summed E-state index contributed by atoms with van der Waals surface area (Å²) in [6.45, 7) is 8.76. The highest BCUT2D eigenvalue weighted by atomic mass is 32.2. The lowest BCUT2D eigenvalue weighted by molar-refractivity contribution is -0.142. The molecule has 188 valence electrons. The van der Waals surface area contributed by atoms with E-state index in [0.717, 1.165) is 53.0 Å². The Bertz CT molecular complexity index is 1080. The maximum Gasteiger partial charge on any atom is 0.319 e. The minimum Gasteiger partial charge on any atom is -0.465 e. The number of aromatic nitrogens is 3. The van der Waals surface area contributed by atoms with E-state index in [1.165, 1.54) is 10.5 Å². The number of rotatable bonds is 12. The first-order valence-corrected chi connectivity index (χ1v) is 13.9. The summed E-state index contributed by atoms with van der Waals surface area (Å²) in [5.41, 5.74) is 4.39. The van der Waals surface area contributed by atoms with Crippen LogP contribution in [-0.2, 0) is 20.0 Å². The third-order valence-electron chi connectivity index (χ3n) is 5.81. The zero-order chi connectivity index (χ0) is 24.5. The second-order valence-electron chi connectivity index (χ2n) is 8.31. The number of ether oxygens (including phenoxy) is 2. The van der Waals surface area contributed by atoms with Crippen molar-refractivity contribution in [2.75, 3.05) is 51.7 Å². The van der Waals surface area contributed by atoms with Gasteiger partial charge in [0, 0.05) is 48.8 Å². The largest absolute Gasteiger partial charge is 0.465 e. The van der Waals surface area contributed by atoms with Crippen LogP contribution in [0.1, 0.15) is 18.2 Å². The molecular weight excluding hydrogens is 482 g/mol. The fourth-order valence-electron chi connectivity index (χ4n) is 3.93. The van der Waals surface area contributed by atoms with Crippen molar-refractivity contribution in [1.82, 2.24) is 25.2 Å². The van der Waals surface area contributed by atoms with Gasteiger partial charge in [-0.15, -0.1) is 11.8 Å². The van der Waals surface area contributed by atoms with Crippen molar-refractivity contribution in [2.45, 2.75) is 35.8 Å². The van der Waals surface area contributed by atoms with Crippen LogP contribution in [0, 0.1) is 6.92 Å². The molecule has 0 amide bonds. The molecule has 0 aliphatic carbocycles. The Morgan fingerprint density at radius 3 is 3.06 bits per heavy atom. The van der Waals surface area contributed by atoms with Crippen molar-refractivity contribution >= 4 is 40.5 Å². The standard InChI is InChI=1S/C25H33N5O3S2/c1-3-32-24(31)15-26-14-19-16-30(10-12-33-19)11-13-34-23-8-9-27-22(18(23)2)17-35-25-28-20-6-4-5-7-21(20)29-25/h4-9,19,26H,3,10-17H2,1-2H3,(H,28,29). The number of carbonyl (C=O) groups excluding carboxylic acids is 1. The maximum atomic E-state index is 11.5. The quantitative estimate of drug-likeness (QED) is 0.278. The van der Waals surface area contributed by atoms with Gasteiger partial charge in [-0.2, -0.15) is 0 Å². The van der Waals surface area contributed by atoms with Crippen molar-refractivity contribution in [1.29, 1.82) is 0 Å². The van der Waals surface area contributed by atoms with E-state index in [1.54, 1.807) is 11.8 Å². The molecule has 1 atom stereocenters. The Kier molecular flexibility index (Phi) is 9.84. The summed E-state index contributed by atoms with van der Waals surface area (Å²) in [6.07, 6.45) is 2.00. The lowest BCUT2D eigenvalue weighted by atomic mass is 10.2. The summed E-state index contributed by atoms with van der Waals surface area (Å²) < 4.78 is 10.8. The first kappa shape index (κ1) is 26.0. The molecule has 1 aromatic carbocycles. The molecule has 1 aliphatic rings. The molecule has 2 N–H and O–H groups in total. The Morgan fingerprint density at radius 2 is 2.20 bits per heavy atom. The van der Waals surface area contributed by atoms with Crippen molar-refractivity contribution in [3.05, 3.63) is 47.8 Å². The number of nitrogens with zero attached hydrogens (tertiary/aromatic N) is 3. The summed E-state index contributed by atoms with van der Waals surface area (Å²) in [5.74, 6) is 1.56. The van der Waals surface area contributed by atoms with Gasteiger partial charge in [-0.1, -0.05) is 23.9 Å². The lowest BCUT2D eigenvalue weighted by Gasteiger charge is -2.33. The van der Waals surface area contributed by atoms with Gasteiger partial charge in [0.2, 0.25) is 0 Å². The molecule has 1 fully saturated rings. The highest BCUT2D eigenvalue weighted by molar-refractivity contribution is 7.99. The first-order chi connectivity index (χ1) is 17.1. The number of benzene rings is 1. The molecule has 0 radical (unpaired) electrons. The van der Waals surface area contributed by atoms with Gasteiger partial charge in [0.15, 0.2) is 5.16 Å². The van der Waals surface area contributed by atoms with E-state index < -0.39 is 0 Å². The van der Waals surface area contributed by atoms with Crippen molar-refractivity contribution in [2.24, 2.45) is 0 Å². The second kappa shape index (κ2) is 13.3. The Morgan fingerprint density at radius 1 is 1.31 bits per heavy atom. The van der Waals surface area contributed by atoms with Gasteiger partial charge in [-0.25, -0.2) is 4.98 Å². The summed E-state index contributed by atoms with van der Waals surface area (Å²) in [6, 6.07) is 10.2. The number of hydrogen-bond acceptors (Lipinski definition) is 9. The molecule has 0 bridgehead atoms. The predicted octanol–water partition coefficient (Wildman–Crippen LogP) is 3.50. The molecular formula is C25H33N5O3S2. The van der Waals surface area contributed by atoms with Gasteiger partial charge in [-0.3, -0.25) is 14.7 Å². The van der Waals surface area contributed by atoms with Crippen molar-refractivity contribution in [3.63, 3.8) is 0 Å². The highest BCUT2D eigenvalue weighted by Crippen LogP contribution is 2.28. The molecule has 1 aliphatic heterocycles. The van der Waals surface area contributed by atoms with Crippen LogP contribution in [-0.4, -0.2) is 83.6 Å². The number of morpholine rings is 1. The number of para-hydroxylation sites is 2. The molecule has 0 spiro atoms. The first-order valence-electron chi connectivity index (χ1n) is 12.0. The summed E-state index contributed by atoms with van der Waals surface area (Å²) in [5, 5.41) is 4.06. The van der Waals surface area contributed by atoms with Crippen LogP contribution in [0.2, 0.25) is 0 Å². The number of imidazole rings is 1. The van der Waals surface area contributed by atoms with E-state index in [2.05, 4.69) is 38.2 Å². The molecule has 1 unspecified atom stereocenters. The Balaban J connectivity index is 1.21. The van der Waals surface area contributed by atoms with E-state index in [-0.39, 0.29) is 18.6 Å². The number of esters is 1. The van der Waals surface area contributed by atoms with Crippen LogP contribution >= 0.6 is 23.5 Å². The van der Waals surface area contributed by atoms with E-state index in [0.29, 0.717) is 19.8 Å². The molecule has 3 aromatic rings. The third-order valence-corrected chi connectivity index (χ3v) is 7.83. The molecule has 35 heavy (non-hydrogen) atoms. The fourth-order valence-corrected chi connectivity index (χ4v) is 5.90. The number of fused-ring (bicyclic) bond motifs is 1. The zero-order valence-electron chi connectivity index (χ0n) is 20.3. The average Bonchev–Trinajstić information content (AvgIpc) is 3.28. The molecule has 8 nitrogen and oxygen atoms in total. The van der Waals surface area contributed by atoms with Crippen LogP contribution in [0.3, 0.4) is 0 Å². The molecule has 1 saturated heterocycles. The summed E-state index contributed by atoms with van der Waals surface area (Å²) in [4.78, 5) is 27.8. The minimum atomic E-state index is -0.223. The van der Waals surface area contributed by atoms with Crippen molar-refractivity contribution < 1.29 is 14.3 Å². The van der Waals surface area contributed by atoms with Crippen molar-refractivity contribution in [3.8, 4) is 0 Å². The molecule has 3 heterocycles. The van der Waals surface area contributed by atoms with E-state index in [1.807, 2.05) is 49.1 Å². The minimum absolute atomic E-state index is 0.0905. The lowest BCUT2D eigenvalue weighted by Crippen LogP contribution is -2.47. The second-order valence-corrected chi connectivity index (χ2v) is 10.4. The van der Waals surface area contributed by atoms with Gasteiger partial charge in [0.05, 0.1) is 42.6 Å². The van der Waals surface area contributed by atoms with Gasteiger partial charge < -0.3 is 19.8 Å². The molecule has 2 aromatic heterocycles. The Labute approximate surface area is 215 Å². The van der Waals surface area contributed by atoms with E-state index >= 15 is 0 Å². The number of thioether (sulfide) groups is 2. The highest BCUT2D eigenvalue weighted by Gasteiger charge is 2.20. The van der Waals surface area contributed by atoms with Gasteiger partial charge in [0.25, 0.3) is 0 Å². The predicted molar refractivity (Wildman–Crippen MR) is 141 cm³/mol. The normalized spacial score (nSPS) is 16.6. The number of pyridine rings is 1. The van der Waals surface area contributed by atoms with Crippen LogP contribution in [0.15, 0.2) is 46.6 Å². The van der Waals surface area contributed by atoms with E-state index in [9.17, 15) is 4.79 Å². The SMILES string of the molecule is CCOC(=O)CNCC1CN(CCSc2ccnc(CSc3nc4ccccc4[nH]3)c2C)CCO1. The number of H-pyrrole nitrogens is 1.